The summed E-state index contributed by atoms with van der Waals surface area (Å²) in [6.07, 6.45) is 2.25. The van der Waals surface area contributed by atoms with Crippen molar-refractivity contribution in [2.45, 2.75) is 20.3 Å². The maximum atomic E-state index is 14.4. The molecule has 3 nitrogen and oxygen atoms in total. The molecule has 4 rings (SSSR count). The molecule has 0 aliphatic heterocycles. The van der Waals surface area contributed by atoms with Crippen molar-refractivity contribution in [3.8, 4) is 11.5 Å². The van der Waals surface area contributed by atoms with E-state index >= 15 is 0 Å². The van der Waals surface area contributed by atoms with E-state index in [0.29, 0.717) is 29.1 Å². The van der Waals surface area contributed by atoms with E-state index in [9.17, 15) is 4.39 Å². The van der Waals surface area contributed by atoms with E-state index in [1.54, 1.807) is 19.2 Å². The van der Waals surface area contributed by atoms with Crippen molar-refractivity contribution < 1.29 is 4.39 Å². The van der Waals surface area contributed by atoms with Crippen molar-refractivity contribution >= 4 is 10.9 Å². The van der Waals surface area contributed by atoms with Crippen LogP contribution in [0.2, 0.25) is 0 Å². The van der Waals surface area contributed by atoms with Gasteiger partial charge in [-0.05, 0) is 42.7 Å². The summed E-state index contributed by atoms with van der Waals surface area (Å²) < 4.78 is 14.4. The normalized spacial score (nSPS) is 11.0. The number of aromatic nitrogens is 3. The maximum absolute atomic E-state index is 14.4. The fraction of sp³-hybridized carbons (Fsp3) is 0.136. The largest absolute Gasteiger partial charge is 0.249 e. The zero-order valence-electron chi connectivity index (χ0n) is 14.7. The van der Waals surface area contributed by atoms with Gasteiger partial charge in [-0.15, -0.1) is 0 Å². The minimum absolute atomic E-state index is 0.166. The van der Waals surface area contributed by atoms with E-state index in [2.05, 4.69) is 9.97 Å². The highest BCUT2D eigenvalue weighted by Crippen LogP contribution is 2.21. The van der Waals surface area contributed by atoms with E-state index in [1.165, 1.54) is 0 Å². The van der Waals surface area contributed by atoms with Gasteiger partial charge in [0.2, 0.25) is 0 Å². The Morgan fingerprint density at radius 2 is 1.69 bits per heavy atom. The minimum Gasteiger partial charge on any atom is -0.249 e. The van der Waals surface area contributed by atoms with Crippen LogP contribution in [0.5, 0.6) is 0 Å². The molecule has 2 aromatic carbocycles. The van der Waals surface area contributed by atoms with Crippen LogP contribution in [-0.2, 0) is 6.42 Å². The number of aryl methyl sites for hydroxylation is 2. The van der Waals surface area contributed by atoms with E-state index in [1.807, 2.05) is 55.5 Å². The molecule has 2 heterocycles. The second-order valence-corrected chi connectivity index (χ2v) is 6.44. The van der Waals surface area contributed by atoms with Gasteiger partial charge in [0.05, 0.1) is 5.52 Å². The summed E-state index contributed by atoms with van der Waals surface area (Å²) >= 11 is 0. The molecule has 0 unspecified atom stereocenters. The molecule has 0 amide bonds. The first-order valence-corrected chi connectivity index (χ1v) is 8.54. The fourth-order valence-corrected chi connectivity index (χ4v) is 3.00. The summed E-state index contributed by atoms with van der Waals surface area (Å²) in [6.45, 7) is 3.76. The van der Waals surface area contributed by atoms with Crippen molar-refractivity contribution in [3.05, 3.63) is 89.0 Å². The van der Waals surface area contributed by atoms with Crippen LogP contribution in [0.3, 0.4) is 0 Å². The van der Waals surface area contributed by atoms with Crippen LogP contribution >= 0.6 is 0 Å². The summed E-state index contributed by atoms with van der Waals surface area (Å²) in [5.41, 5.74) is 4.74. The molecule has 26 heavy (non-hydrogen) atoms. The lowest BCUT2D eigenvalue weighted by molar-refractivity contribution is 0.604. The predicted molar refractivity (Wildman–Crippen MR) is 101 cm³/mol. The lowest BCUT2D eigenvalue weighted by atomic mass is 10.0. The molecule has 0 aliphatic rings. The Hall–Kier alpha value is -3.14. The first-order valence-electron chi connectivity index (χ1n) is 8.54. The topological polar surface area (TPSA) is 38.7 Å². The van der Waals surface area contributed by atoms with E-state index in [4.69, 9.17) is 4.98 Å². The molecule has 0 fully saturated rings. The molecule has 0 bridgehead atoms. The quantitative estimate of drug-likeness (QED) is 0.523. The molecular formula is C22H18FN3. The third-order valence-electron chi connectivity index (χ3n) is 4.55. The maximum Gasteiger partial charge on any atom is 0.178 e. The minimum atomic E-state index is -0.166. The monoisotopic (exact) mass is 343 g/mol. The first kappa shape index (κ1) is 16.3. The molecule has 0 saturated carbocycles. The molecule has 128 valence electrons. The van der Waals surface area contributed by atoms with Crippen LogP contribution in [0.25, 0.3) is 22.4 Å². The van der Waals surface area contributed by atoms with Gasteiger partial charge in [0.15, 0.2) is 5.82 Å². The summed E-state index contributed by atoms with van der Waals surface area (Å²) in [7, 11) is 0. The number of pyridine rings is 1. The Balaban J connectivity index is 1.74. The lowest BCUT2D eigenvalue weighted by Crippen LogP contribution is -2.02. The zero-order chi connectivity index (χ0) is 18.1. The van der Waals surface area contributed by atoms with Gasteiger partial charge < -0.3 is 0 Å². The van der Waals surface area contributed by atoms with Crippen LogP contribution in [-0.4, -0.2) is 15.0 Å². The van der Waals surface area contributed by atoms with Gasteiger partial charge in [-0.3, -0.25) is 0 Å². The fourth-order valence-electron chi connectivity index (χ4n) is 3.00. The van der Waals surface area contributed by atoms with Crippen molar-refractivity contribution in [2.75, 3.05) is 0 Å². The smallest absolute Gasteiger partial charge is 0.178 e. The average Bonchev–Trinajstić information content (AvgIpc) is 2.66. The molecule has 0 spiro atoms. The molecule has 0 aliphatic carbocycles. The molecule has 0 radical (unpaired) electrons. The summed E-state index contributed by atoms with van der Waals surface area (Å²) in [5, 5.41) is 0.991. The summed E-state index contributed by atoms with van der Waals surface area (Å²) in [5.74, 6) is 0.413. The molecule has 0 saturated heterocycles. The number of nitrogens with zero attached hydrogens (tertiary/aromatic N) is 3. The first-order chi connectivity index (χ1) is 12.6. The number of para-hydroxylation sites is 1. The second-order valence-electron chi connectivity index (χ2n) is 6.44. The molecule has 2 aromatic heterocycles. The number of hydrogen-bond donors (Lipinski definition) is 0. The summed E-state index contributed by atoms with van der Waals surface area (Å²) in [6, 6.07) is 17.2. The highest BCUT2D eigenvalue weighted by atomic mass is 19.1. The van der Waals surface area contributed by atoms with Crippen LogP contribution in [0, 0.1) is 19.7 Å². The Kier molecular flexibility index (Phi) is 4.17. The van der Waals surface area contributed by atoms with E-state index in [-0.39, 0.29) is 5.82 Å². The highest BCUT2D eigenvalue weighted by Gasteiger charge is 2.11. The van der Waals surface area contributed by atoms with Crippen LogP contribution < -0.4 is 0 Å². The second kappa shape index (κ2) is 6.64. The third-order valence-corrected chi connectivity index (χ3v) is 4.55. The molecule has 0 N–H and O–H groups in total. The SMILES string of the molecule is Cc1ccc(-c2ncc3ccccc3n2)nc1Cc1cccc(C)c1F. The Morgan fingerprint density at radius 3 is 2.58 bits per heavy atom. The molecular weight excluding hydrogens is 325 g/mol. The molecule has 4 aromatic rings. The van der Waals surface area contributed by atoms with Gasteiger partial charge in [0.25, 0.3) is 0 Å². The number of hydrogen-bond acceptors (Lipinski definition) is 3. The van der Waals surface area contributed by atoms with Crippen molar-refractivity contribution in [3.63, 3.8) is 0 Å². The summed E-state index contributed by atoms with van der Waals surface area (Å²) in [4.78, 5) is 13.8. The number of benzene rings is 2. The highest BCUT2D eigenvalue weighted by molar-refractivity contribution is 5.79. The van der Waals surface area contributed by atoms with Gasteiger partial charge in [-0.1, -0.05) is 42.5 Å². The van der Waals surface area contributed by atoms with Crippen molar-refractivity contribution in [1.82, 2.24) is 15.0 Å². The van der Waals surface area contributed by atoms with Crippen molar-refractivity contribution in [1.29, 1.82) is 0 Å². The number of fused-ring (bicyclic) bond motifs is 1. The van der Waals surface area contributed by atoms with Gasteiger partial charge >= 0.3 is 0 Å². The predicted octanol–water partition coefficient (Wildman–Crippen LogP) is 5.04. The van der Waals surface area contributed by atoms with Gasteiger partial charge in [-0.2, -0.15) is 0 Å². The number of rotatable bonds is 3. The molecule has 0 atom stereocenters. The standard InChI is InChI=1S/C22H18FN3/c1-14-10-11-19(22-24-13-17-7-3-4-9-18(17)26-22)25-20(14)12-16-8-5-6-15(2)21(16)23/h3-11,13H,12H2,1-2H3. The number of halogens is 1. The van der Waals surface area contributed by atoms with Crippen LogP contribution in [0.15, 0.2) is 60.8 Å². The van der Waals surface area contributed by atoms with Crippen LogP contribution in [0.4, 0.5) is 4.39 Å². The Morgan fingerprint density at radius 1 is 0.846 bits per heavy atom. The van der Waals surface area contributed by atoms with E-state index in [0.717, 1.165) is 22.2 Å². The van der Waals surface area contributed by atoms with Crippen molar-refractivity contribution in [2.24, 2.45) is 0 Å². The third kappa shape index (κ3) is 3.06. The van der Waals surface area contributed by atoms with Gasteiger partial charge in [0.1, 0.15) is 11.5 Å². The Labute approximate surface area is 151 Å². The zero-order valence-corrected chi connectivity index (χ0v) is 14.7. The van der Waals surface area contributed by atoms with E-state index < -0.39 is 0 Å². The Bertz CT molecular complexity index is 1110. The average molecular weight is 343 g/mol. The molecule has 4 heteroatoms. The lowest BCUT2D eigenvalue weighted by Gasteiger charge is -2.10. The van der Waals surface area contributed by atoms with Gasteiger partial charge in [0, 0.05) is 23.7 Å². The van der Waals surface area contributed by atoms with Crippen LogP contribution in [0.1, 0.15) is 22.4 Å². The van der Waals surface area contributed by atoms with Gasteiger partial charge in [-0.25, -0.2) is 19.3 Å².